The van der Waals surface area contributed by atoms with Crippen molar-refractivity contribution in [2.24, 2.45) is 0 Å². The van der Waals surface area contributed by atoms with Crippen molar-refractivity contribution < 1.29 is 27.1 Å². The Kier molecular flexibility index (Phi) is 6.30. The van der Waals surface area contributed by atoms with Crippen LogP contribution in [0.25, 0.3) is 0 Å². The van der Waals surface area contributed by atoms with Crippen molar-refractivity contribution in [3.8, 4) is 11.5 Å². The first-order valence-corrected chi connectivity index (χ1v) is 10.6. The number of carbonyl (C=O) groups excluding carboxylic acids is 1. The maximum Gasteiger partial charge on any atom is 0.256 e. The van der Waals surface area contributed by atoms with Gasteiger partial charge in [0.25, 0.3) is 5.91 Å². The first-order chi connectivity index (χ1) is 13.8. The summed E-state index contributed by atoms with van der Waals surface area (Å²) in [6, 6.07) is 8.20. The molecule has 1 heterocycles. The van der Waals surface area contributed by atoms with Gasteiger partial charge in [0.15, 0.2) is 11.5 Å². The molecule has 1 amide bonds. The number of piperazine rings is 1. The third kappa shape index (κ3) is 4.31. The van der Waals surface area contributed by atoms with Crippen molar-refractivity contribution in [3.63, 3.8) is 0 Å². The molecule has 0 radical (unpaired) electrons. The van der Waals surface area contributed by atoms with E-state index in [2.05, 4.69) is 0 Å². The lowest BCUT2D eigenvalue weighted by atomic mass is 10.1. The molecule has 7 nitrogen and oxygen atoms in total. The van der Waals surface area contributed by atoms with Gasteiger partial charge in [-0.25, -0.2) is 12.8 Å². The largest absolute Gasteiger partial charge is 0.493 e. The van der Waals surface area contributed by atoms with E-state index in [1.54, 1.807) is 0 Å². The highest BCUT2D eigenvalue weighted by Crippen LogP contribution is 2.31. The number of carbonyl (C=O) groups is 1. The van der Waals surface area contributed by atoms with Crippen LogP contribution in [0.5, 0.6) is 11.5 Å². The lowest BCUT2D eigenvalue weighted by Gasteiger charge is -2.34. The number of rotatable bonds is 5. The summed E-state index contributed by atoms with van der Waals surface area (Å²) in [6.45, 7) is 0.482. The summed E-state index contributed by atoms with van der Waals surface area (Å²) < 4.78 is 51.5. The zero-order valence-electron chi connectivity index (χ0n) is 15.9. The van der Waals surface area contributed by atoms with Gasteiger partial charge in [-0.1, -0.05) is 11.6 Å². The Bertz CT molecular complexity index is 1020. The van der Waals surface area contributed by atoms with Crippen LogP contribution in [0.3, 0.4) is 0 Å². The highest BCUT2D eigenvalue weighted by molar-refractivity contribution is 7.89. The van der Waals surface area contributed by atoms with Crippen molar-refractivity contribution in [1.82, 2.24) is 9.21 Å². The number of ether oxygens (including phenoxy) is 2. The van der Waals surface area contributed by atoms with Crippen LogP contribution in [0.2, 0.25) is 5.02 Å². The third-order valence-electron chi connectivity index (χ3n) is 4.68. The lowest BCUT2D eigenvalue weighted by molar-refractivity contribution is 0.0693. The molecule has 1 fully saturated rings. The van der Waals surface area contributed by atoms with Gasteiger partial charge in [-0.05, 0) is 30.3 Å². The highest BCUT2D eigenvalue weighted by atomic mass is 35.5. The number of benzene rings is 2. The zero-order chi connectivity index (χ0) is 21.2. The van der Waals surface area contributed by atoms with E-state index in [9.17, 15) is 17.6 Å². The van der Waals surface area contributed by atoms with E-state index in [0.717, 1.165) is 6.07 Å². The Hall–Kier alpha value is -2.36. The Labute approximate surface area is 173 Å². The number of amides is 1. The fourth-order valence-electron chi connectivity index (χ4n) is 3.09. The molecule has 3 rings (SSSR count). The Morgan fingerprint density at radius 1 is 1.00 bits per heavy atom. The van der Waals surface area contributed by atoms with Crippen LogP contribution >= 0.6 is 11.6 Å². The van der Waals surface area contributed by atoms with Gasteiger partial charge in [0.2, 0.25) is 10.0 Å². The molecule has 0 saturated carbocycles. The van der Waals surface area contributed by atoms with Crippen LogP contribution < -0.4 is 9.47 Å². The van der Waals surface area contributed by atoms with Gasteiger partial charge in [0.05, 0.1) is 24.7 Å². The van der Waals surface area contributed by atoms with E-state index in [1.165, 1.54) is 53.8 Å². The van der Waals surface area contributed by atoms with Crippen molar-refractivity contribution in [3.05, 3.63) is 52.8 Å². The summed E-state index contributed by atoms with van der Waals surface area (Å²) in [4.78, 5) is 14.0. The Morgan fingerprint density at radius 3 is 2.24 bits per heavy atom. The SMILES string of the molecule is COc1ccc(S(=O)(=O)N2CCN(C(=O)c3ccc(Cl)cc3F)CC2)cc1OC. The summed E-state index contributed by atoms with van der Waals surface area (Å²) in [5.41, 5.74) is -0.0920. The van der Waals surface area contributed by atoms with Crippen LogP contribution in [-0.4, -0.2) is 63.9 Å². The van der Waals surface area contributed by atoms with E-state index in [1.807, 2.05) is 0 Å². The number of nitrogens with zero attached hydrogens (tertiary/aromatic N) is 2. The van der Waals surface area contributed by atoms with Crippen molar-refractivity contribution in [1.29, 1.82) is 0 Å². The van der Waals surface area contributed by atoms with Crippen LogP contribution in [0, 0.1) is 5.82 Å². The maximum absolute atomic E-state index is 14.0. The minimum Gasteiger partial charge on any atom is -0.493 e. The van der Waals surface area contributed by atoms with Crippen LogP contribution in [0.1, 0.15) is 10.4 Å². The average molecular weight is 443 g/mol. The Morgan fingerprint density at radius 2 is 1.66 bits per heavy atom. The molecule has 1 aliphatic rings. The number of hydrogen-bond acceptors (Lipinski definition) is 5. The fraction of sp³-hybridized carbons (Fsp3) is 0.316. The van der Waals surface area contributed by atoms with Gasteiger partial charge < -0.3 is 14.4 Å². The summed E-state index contributed by atoms with van der Waals surface area (Å²) in [6.07, 6.45) is 0. The summed E-state index contributed by atoms with van der Waals surface area (Å²) in [7, 11) is -0.890. The smallest absolute Gasteiger partial charge is 0.256 e. The van der Waals surface area contributed by atoms with E-state index < -0.39 is 21.7 Å². The maximum atomic E-state index is 14.0. The molecule has 2 aromatic carbocycles. The minimum absolute atomic E-state index is 0.0682. The molecule has 0 aromatic heterocycles. The fourth-order valence-corrected chi connectivity index (χ4v) is 4.69. The summed E-state index contributed by atoms with van der Waals surface area (Å²) in [5.74, 6) is -0.474. The van der Waals surface area contributed by atoms with E-state index in [0.29, 0.717) is 11.5 Å². The molecule has 0 aliphatic carbocycles. The van der Waals surface area contributed by atoms with Crippen molar-refractivity contribution in [2.75, 3.05) is 40.4 Å². The van der Waals surface area contributed by atoms with Gasteiger partial charge in [-0.2, -0.15) is 4.31 Å². The standard InChI is InChI=1S/C19H20ClFN2O5S/c1-27-17-6-4-14(12-18(17)28-2)29(25,26)23-9-7-22(8-10-23)19(24)15-5-3-13(20)11-16(15)21/h3-6,11-12H,7-10H2,1-2H3. The van der Waals surface area contributed by atoms with E-state index in [4.69, 9.17) is 21.1 Å². The van der Waals surface area contributed by atoms with Gasteiger partial charge >= 0.3 is 0 Å². The first kappa shape index (κ1) is 21.4. The second-order valence-corrected chi connectivity index (χ2v) is 8.71. The summed E-state index contributed by atoms with van der Waals surface area (Å²) in [5, 5.41) is 0.199. The average Bonchev–Trinajstić information content (AvgIpc) is 2.72. The number of hydrogen-bond donors (Lipinski definition) is 0. The molecular formula is C19H20ClFN2O5S. The second kappa shape index (κ2) is 8.56. The molecule has 0 unspecified atom stereocenters. The van der Waals surface area contributed by atoms with Gasteiger partial charge in [0.1, 0.15) is 5.82 Å². The third-order valence-corrected chi connectivity index (χ3v) is 6.81. The normalized spacial score (nSPS) is 15.2. The van der Waals surface area contributed by atoms with Crippen LogP contribution in [0.15, 0.2) is 41.3 Å². The molecule has 1 saturated heterocycles. The predicted octanol–water partition coefficient (Wildman–Crippen LogP) is 2.64. The molecular weight excluding hydrogens is 423 g/mol. The van der Waals surface area contributed by atoms with Gasteiger partial charge in [0, 0.05) is 37.3 Å². The number of sulfonamides is 1. The summed E-state index contributed by atoms with van der Waals surface area (Å²) >= 11 is 5.72. The zero-order valence-corrected chi connectivity index (χ0v) is 17.5. The molecule has 1 aliphatic heterocycles. The predicted molar refractivity (Wildman–Crippen MR) is 106 cm³/mol. The minimum atomic E-state index is -3.78. The lowest BCUT2D eigenvalue weighted by Crippen LogP contribution is -2.50. The van der Waals surface area contributed by atoms with E-state index in [-0.39, 0.29) is 41.7 Å². The van der Waals surface area contributed by atoms with Crippen LogP contribution in [0.4, 0.5) is 4.39 Å². The number of methoxy groups -OCH3 is 2. The molecule has 0 spiro atoms. The quantitative estimate of drug-likeness (QED) is 0.711. The monoisotopic (exact) mass is 442 g/mol. The second-order valence-electron chi connectivity index (χ2n) is 6.34. The van der Waals surface area contributed by atoms with E-state index >= 15 is 0 Å². The molecule has 10 heteroatoms. The molecule has 0 N–H and O–H groups in total. The molecule has 156 valence electrons. The van der Waals surface area contributed by atoms with Crippen LogP contribution in [-0.2, 0) is 10.0 Å². The molecule has 2 aromatic rings. The Balaban J connectivity index is 1.73. The highest BCUT2D eigenvalue weighted by Gasteiger charge is 2.31. The van der Waals surface area contributed by atoms with Gasteiger partial charge in [-0.3, -0.25) is 4.79 Å². The molecule has 0 atom stereocenters. The van der Waals surface area contributed by atoms with Crippen molar-refractivity contribution in [2.45, 2.75) is 4.90 Å². The molecule has 0 bridgehead atoms. The van der Waals surface area contributed by atoms with Crippen molar-refractivity contribution >= 4 is 27.5 Å². The first-order valence-electron chi connectivity index (χ1n) is 8.74. The van der Waals surface area contributed by atoms with Gasteiger partial charge in [-0.15, -0.1) is 0 Å². The topological polar surface area (TPSA) is 76.2 Å². The molecule has 29 heavy (non-hydrogen) atoms. The number of halogens is 2.